The molecule has 0 aliphatic heterocycles. The van der Waals surface area contributed by atoms with Crippen LogP contribution in [-0.2, 0) is 11.3 Å². The molecule has 8 heteroatoms. The van der Waals surface area contributed by atoms with Crippen LogP contribution < -0.4 is 5.32 Å². The lowest BCUT2D eigenvalue weighted by Crippen LogP contribution is -2.21. The number of hydrogen-bond acceptors (Lipinski definition) is 2. The molecule has 4 nitrogen and oxygen atoms in total. The summed E-state index contributed by atoms with van der Waals surface area (Å²) in [4.78, 5) is 11.8. The van der Waals surface area contributed by atoms with Gasteiger partial charge in [0.2, 0.25) is 5.91 Å². The molecule has 0 atom stereocenters. The SMILES string of the molecule is Cc1nn(CC(=O)Nc2ccc(F)c(F)c2F)c(C)c1Br. The molecule has 1 amide bonds. The standard InChI is InChI=1S/C13H11BrF3N3O/c1-6-11(14)7(2)20(19-6)5-10(21)18-9-4-3-8(15)12(16)13(9)17/h3-4H,5H2,1-2H3,(H,18,21). The van der Waals surface area contributed by atoms with E-state index in [0.29, 0.717) is 5.69 Å². The molecule has 1 aromatic heterocycles. The molecular weight excluding hydrogens is 351 g/mol. The molecule has 1 heterocycles. The number of aryl methyl sites for hydroxylation is 1. The lowest BCUT2D eigenvalue weighted by atomic mass is 10.2. The molecule has 112 valence electrons. The molecular formula is C13H11BrF3N3O. The van der Waals surface area contributed by atoms with Gasteiger partial charge in [-0.1, -0.05) is 0 Å². The van der Waals surface area contributed by atoms with Gasteiger partial charge in [0.05, 0.1) is 21.5 Å². The van der Waals surface area contributed by atoms with Crippen molar-refractivity contribution in [2.24, 2.45) is 0 Å². The van der Waals surface area contributed by atoms with E-state index in [0.717, 1.165) is 22.3 Å². The summed E-state index contributed by atoms with van der Waals surface area (Å²) in [5, 5.41) is 6.31. The van der Waals surface area contributed by atoms with Gasteiger partial charge in [0.25, 0.3) is 0 Å². The Kier molecular flexibility index (Phi) is 4.36. The highest BCUT2D eigenvalue weighted by molar-refractivity contribution is 9.10. The minimum atomic E-state index is -1.62. The monoisotopic (exact) mass is 361 g/mol. The van der Waals surface area contributed by atoms with Crippen LogP contribution in [0.4, 0.5) is 18.9 Å². The molecule has 0 bridgehead atoms. The summed E-state index contributed by atoms with van der Waals surface area (Å²) in [6, 6.07) is 1.71. The number of benzene rings is 1. The minimum Gasteiger partial charge on any atom is -0.322 e. The van der Waals surface area contributed by atoms with Crippen molar-refractivity contribution in [3.8, 4) is 0 Å². The van der Waals surface area contributed by atoms with Gasteiger partial charge >= 0.3 is 0 Å². The van der Waals surface area contributed by atoms with Gasteiger partial charge in [-0.15, -0.1) is 0 Å². The smallest absolute Gasteiger partial charge is 0.246 e. The molecule has 0 saturated carbocycles. The van der Waals surface area contributed by atoms with Gasteiger partial charge in [-0.2, -0.15) is 5.10 Å². The molecule has 2 rings (SSSR count). The van der Waals surface area contributed by atoms with Gasteiger partial charge in [-0.3, -0.25) is 9.48 Å². The van der Waals surface area contributed by atoms with E-state index in [4.69, 9.17) is 0 Å². The number of nitrogens with one attached hydrogen (secondary N) is 1. The number of anilines is 1. The first-order valence-electron chi connectivity index (χ1n) is 5.94. The summed E-state index contributed by atoms with van der Waals surface area (Å²) >= 11 is 3.32. The number of hydrogen-bond donors (Lipinski definition) is 1. The second-order valence-electron chi connectivity index (χ2n) is 4.41. The fourth-order valence-corrected chi connectivity index (χ4v) is 2.06. The lowest BCUT2D eigenvalue weighted by Gasteiger charge is -2.08. The Morgan fingerprint density at radius 3 is 2.52 bits per heavy atom. The van der Waals surface area contributed by atoms with Gasteiger partial charge in [0.1, 0.15) is 6.54 Å². The highest BCUT2D eigenvalue weighted by Crippen LogP contribution is 2.21. The van der Waals surface area contributed by atoms with Crippen molar-refractivity contribution in [1.82, 2.24) is 9.78 Å². The molecule has 0 radical (unpaired) electrons. The maximum absolute atomic E-state index is 13.4. The van der Waals surface area contributed by atoms with E-state index in [-0.39, 0.29) is 6.54 Å². The van der Waals surface area contributed by atoms with Crippen LogP contribution in [0.15, 0.2) is 16.6 Å². The van der Waals surface area contributed by atoms with Crippen molar-refractivity contribution < 1.29 is 18.0 Å². The Labute approximate surface area is 127 Å². The average molecular weight is 362 g/mol. The van der Waals surface area contributed by atoms with Crippen molar-refractivity contribution >= 4 is 27.5 Å². The van der Waals surface area contributed by atoms with E-state index in [1.54, 1.807) is 13.8 Å². The van der Waals surface area contributed by atoms with Gasteiger partial charge in [-0.05, 0) is 41.9 Å². The quantitative estimate of drug-likeness (QED) is 0.852. The largest absolute Gasteiger partial charge is 0.322 e. The van der Waals surface area contributed by atoms with Crippen LogP contribution in [0.1, 0.15) is 11.4 Å². The van der Waals surface area contributed by atoms with Gasteiger partial charge in [-0.25, -0.2) is 13.2 Å². The summed E-state index contributed by atoms with van der Waals surface area (Å²) in [7, 11) is 0. The number of halogens is 4. The molecule has 21 heavy (non-hydrogen) atoms. The maximum Gasteiger partial charge on any atom is 0.246 e. The Balaban J connectivity index is 2.16. The summed E-state index contributed by atoms with van der Waals surface area (Å²) in [5.74, 6) is -4.97. The first kappa shape index (κ1) is 15.6. The van der Waals surface area contributed by atoms with Gasteiger partial charge in [0, 0.05) is 0 Å². The minimum absolute atomic E-state index is 0.170. The molecule has 0 spiro atoms. The summed E-state index contributed by atoms with van der Waals surface area (Å²) in [5.41, 5.74) is 1.02. The number of rotatable bonds is 3. The second kappa shape index (κ2) is 5.88. The van der Waals surface area contributed by atoms with Crippen LogP contribution in [0.2, 0.25) is 0 Å². The Hall–Kier alpha value is -1.83. The highest BCUT2D eigenvalue weighted by atomic mass is 79.9. The van der Waals surface area contributed by atoms with E-state index in [2.05, 4.69) is 26.3 Å². The van der Waals surface area contributed by atoms with Crippen LogP contribution in [0.25, 0.3) is 0 Å². The molecule has 0 aliphatic rings. The molecule has 1 aromatic carbocycles. The predicted molar refractivity (Wildman–Crippen MR) is 74.3 cm³/mol. The zero-order chi connectivity index (χ0) is 15.7. The van der Waals surface area contributed by atoms with Gasteiger partial charge in [0.15, 0.2) is 17.5 Å². The highest BCUT2D eigenvalue weighted by Gasteiger charge is 2.17. The topological polar surface area (TPSA) is 46.9 Å². The first-order chi connectivity index (χ1) is 9.81. The number of aromatic nitrogens is 2. The number of amides is 1. The Morgan fingerprint density at radius 1 is 1.29 bits per heavy atom. The Bertz CT molecular complexity index is 715. The predicted octanol–water partition coefficient (Wildman–Crippen LogP) is 3.32. The average Bonchev–Trinajstić information content (AvgIpc) is 2.67. The second-order valence-corrected chi connectivity index (χ2v) is 5.21. The zero-order valence-electron chi connectivity index (χ0n) is 11.2. The maximum atomic E-state index is 13.4. The number of nitrogens with zero attached hydrogens (tertiary/aromatic N) is 2. The normalized spacial score (nSPS) is 10.8. The van der Waals surface area contributed by atoms with E-state index in [9.17, 15) is 18.0 Å². The van der Waals surface area contributed by atoms with E-state index in [1.165, 1.54) is 4.68 Å². The molecule has 1 N–H and O–H groups in total. The third kappa shape index (κ3) is 3.10. The third-order valence-electron chi connectivity index (χ3n) is 2.90. The lowest BCUT2D eigenvalue weighted by molar-refractivity contribution is -0.117. The van der Waals surface area contributed by atoms with Crippen molar-refractivity contribution in [3.05, 3.63) is 45.4 Å². The summed E-state index contributed by atoms with van der Waals surface area (Å²) in [6.07, 6.45) is 0. The molecule has 2 aromatic rings. The molecule has 0 unspecified atom stereocenters. The van der Waals surface area contributed by atoms with Crippen LogP contribution >= 0.6 is 15.9 Å². The zero-order valence-corrected chi connectivity index (χ0v) is 12.8. The van der Waals surface area contributed by atoms with E-state index < -0.39 is 29.0 Å². The van der Waals surface area contributed by atoms with Crippen LogP contribution in [0.5, 0.6) is 0 Å². The summed E-state index contributed by atoms with van der Waals surface area (Å²) in [6.45, 7) is 3.35. The molecule has 0 aliphatic carbocycles. The van der Waals surface area contributed by atoms with Crippen molar-refractivity contribution in [1.29, 1.82) is 0 Å². The Morgan fingerprint density at radius 2 is 1.95 bits per heavy atom. The van der Waals surface area contributed by atoms with Crippen molar-refractivity contribution in [3.63, 3.8) is 0 Å². The fourth-order valence-electron chi connectivity index (χ4n) is 1.78. The van der Waals surface area contributed by atoms with Crippen molar-refractivity contribution in [2.75, 3.05) is 5.32 Å². The van der Waals surface area contributed by atoms with Crippen LogP contribution in [0, 0.1) is 31.3 Å². The first-order valence-corrected chi connectivity index (χ1v) is 6.73. The number of carbonyl (C=O) groups is 1. The van der Waals surface area contributed by atoms with Gasteiger partial charge < -0.3 is 5.32 Å². The molecule has 0 fully saturated rings. The van der Waals surface area contributed by atoms with Crippen LogP contribution in [-0.4, -0.2) is 15.7 Å². The van der Waals surface area contributed by atoms with Crippen LogP contribution in [0.3, 0.4) is 0 Å². The molecule has 0 saturated heterocycles. The summed E-state index contributed by atoms with van der Waals surface area (Å²) < 4.78 is 41.5. The van der Waals surface area contributed by atoms with Crippen molar-refractivity contribution in [2.45, 2.75) is 20.4 Å². The van der Waals surface area contributed by atoms with E-state index in [1.807, 2.05) is 0 Å². The third-order valence-corrected chi connectivity index (χ3v) is 4.04. The number of carbonyl (C=O) groups excluding carboxylic acids is 1. The van der Waals surface area contributed by atoms with E-state index >= 15 is 0 Å². The fraction of sp³-hybridized carbons (Fsp3) is 0.231.